The molecule has 0 unspecified atom stereocenters. The second-order valence-electron chi connectivity index (χ2n) is 4.08. The van der Waals surface area contributed by atoms with E-state index in [4.69, 9.17) is 0 Å². The third kappa shape index (κ3) is 3.17. The van der Waals surface area contributed by atoms with Gasteiger partial charge in [0.1, 0.15) is 0 Å². The second kappa shape index (κ2) is 5.63. The number of aryl methyl sites for hydroxylation is 2. The summed E-state index contributed by atoms with van der Waals surface area (Å²) in [6.07, 6.45) is 6.72. The molecule has 5 heteroatoms. The van der Waals surface area contributed by atoms with Gasteiger partial charge >= 0.3 is 0 Å². The van der Waals surface area contributed by atoms with Crippen LogP contribution < -0.4 is 5.32 Å². The molecule has 0 aliphatic heterocycles. The Balaban J connectivity index is 1.73. The van der Waals surface area contributed by atoms with Crippen molar-refractivity contribution in [2.75, 3.05) is 6.54 Å². The fourth-order valence-electron chi connectivity index (χ4n) is 1.81. The minimum absolute atomic E-state index is 0.862. The van der Waals surface area contributed by atoms with E-state index in [-0.39, 0.29) is 0 Å². The molecule has 0 saturated heterocycles. The molecule has 0 amide bonds. The summed E-state index contributed by atoms with van der Waals surface area (Å²) in [6.45, 7) is 4.89. The van der Waals surface area contributed by atoms with Crippen LogP contribution in [-0.4, -0.2) is 25.9 Å². The van der Waals surface area contributed by atoms with Crippen molar-refractivity contribution in [1.82, 2.24) is 24.6 Å². The predicted molar refractivity (Wildman–Crippen MR) is 66.5 cm³/mol. The van der Waals surface area contributed by atoms with Gasteiger partial charge in [0.2, 0.25) is 0 Å². The van der Waals surface area contributed by atoms with Crippen molar-refractivity contribution in [3.63, 3.8) is 0 Å². The van der Waals surface area contributed by atoms with Crippen LogP contribution in [0.4, 0.5) is 0 Å². The van der Waals surface area contributed by atoms with Crippen molar-refractivity contribution in [2.45, 2.75) is 26.4 Å². The summed E-state index contributed by atoms with van der Waals surface area (Å²) in [5.41, 5.74) is 2.36. The first kappa shape index (κ1) is 11.9. The molecule has 2 heterocycles. The van der Waals surface area contributed by atoms with Gasteiger partial charge in [-0.1, -0.05) is 0 Å². The maximum atomic E-state index is 4.34. The first-order chi connectivity index (χ1) is 8.29. The van der Waals surface area contributed by atoms with Crippen LogP contribution in [0.3, 0.4) is 0 Å². The van der Waals surface area contributed by atoms with Crippen molar-refractivity contribution in [3.8, 4) is 0 Å². The molecule has 5 nitrogen and oxygen atoms in total. The van der Waals surface area contributed by atoms with E-state index in [2.05, 4.69) is 33.0 Å². The Morgan fingerprint density at radius 3 is 3.00 bits per heavy atom. The van der Waals surface area contributed by atoms with Crippen LogP contribution in [0.2, 0.25) is 0 Å². The zero-order valence-electron chi connectivity index (χ0n) is 10.4. The summed E-state index contributed by atoms with van der Waals surface area (Å²) in [5.74, 6) is 0. The molecule has 0 aliphatic carbocycles. The van der Waals surface area contributed by atoms with Crippen molar-refractivity contribution < 1.29 is 0 Å². The zero-order valence-corrected chi connectivity index (χ0v) is 10.4. The van der Waals surface area contributed by atoms with Gasteiger partial charge in [0.25, 0.3) is 0 Å². The van der Waals surface area contributed by atoms with Crippen LogP contribution in [-0.2, 0) is 26.6 Å². The Hall–Kier alpha value is -1.62. The molecular formula is C12H19N5. The van der Waals surface area contributed by atoms with Crippen LogP contribution >= 0.6 is 0 Å². The van der Waals surface area contributed by atoms with E-state index in [1.54, 1.807) is 0 Å². The highest BCUT2D eigenvalue weighted by Crippen LogP contribution is 1.99. The van der Waals surface area contributed by atoms with Gasteiger partial charge in [-0.25, -0.2) is 4.98 Å². The first-order valence-corrected chi connectivity index (χ1v) is 5.98. The van der Waals surface area contributed by atoms with E-state index in [9.17, 15) is 0 Å². The van der Waals surface area contributed by atoms with E-state index in [0.717, 1.165) is 31.7 Å². The maximum absolute atomic E-state index is 4.34. The van der Waals surface area contributed by atoms with E-state index >= 15 is 0 Å². The Bertz CT molecular complexity index is 457. The Morgan fingerprint density at radius 1 is 1.41 bits per heavy atom. The molecule has 0 aliphatic rings. The van der Waals surface area contributed by atoms with Gasteiger partial charge in [-0.15, -0.1) is 0 Å². The molecule has 0 saturated carbocycles. The van der Waals surface area contributed by atoms with E-state index in [0.29, 0.717) is 0 Å². The number of hydrogen-bond donors (Lipinski definition) is 1. The van der Waals surface area contributed by atoms with Gasteiger partial charge in [0.05, 0.1) is 17.7 Å². The van der Waals surface area contributed by atoms with Crippen molar-refractivity contribution in [3.05, 3.63) is 36.2 Å². The topological polar surface area (TPSA) is 47.7 Å². The molecule has 0 fully saturated rings. The molecule has 2 aromatic heterocycles. The second-order valence-corrected chi connectivity index (χ2v) is 4.08. The average Bonchev–Trinajstić information content (AvgIpc) is 2.93. The summed E-state index contributed by atoms with van der Waals surface area (Å²) in [7, 11) is 1.94. The van der Waals surface area contributed by atoms with Crippen molar-refractivity contribution >= 4 is 0 Å². The van der Waals surface area contributed by atoms with Crippen molar-refractivity contribution in [1.29, 1.82) is 0 Å². The number of nitrogens with zero attached hydrogens (tertiary/aromatic N) is 4. The monoisotopic (exact) mass is 233 g/mol. The molecule has 0 atom stereocenters. The lowest BCUT2D eigenvalue weighted by Gasteiger charge is -2.06. The van der Waals surface area contributed by atoms with E-state index in [1.165, 1.54) is 5.69 Å². The lowest BCUT2D eigenvalue weighted by molar-refractivity contribution is 0.620. The summed E-state index contributed by atoms with van der Waals surface area (Å²) in [5, 5.41) is 7.75. The molecule has 17 heavy (non-hydrogen) atoms. The fourth-order valence-corrected chi connectivity index (χ4v) is 1.81. The lowest BCUT2D eigenvalue weighted by atomic mass is 10.3. The first-order valence-electron chi connectivity index (χ1n) is 5.98. The summed E-state index contributed by atoms with van der Waals surface area (Å²) in [6, 6.07) is 2.05. The smallest absolute Gasteiger partial charge is 0.0948 e. The normalized spacial score (nSPS) is 10.9. The Kier molecular flexibility index (Phi) is 3.93. The molecule has 0 radical (unpaired) electrons. The molecule has 1 N–H and O–H groups in total. The Labute approximate surface area is 101 Å². The van der Waals surface area contributed by atoms with Gasteiger partial charge in [0, 0.05) is 45.5 Å². The standard InChI is InChI=1S/C12H19N5/c1-3-17-10-14-9-12(17)8-13-6-4-11-5-7-16(2)15-11/h5,7,9-10,13H,3-4,6,8H2,1-2H3. The summed E-state index contributed by atoms with van der Waals surface area (Å²) in [4.78, 5) is 4.14. The fraction of sp³-hybridized carbons (Fsp3) is 0.500. The van der Waals surface area contributed by atoms with E-state index < -0.39 is 0 Å². The zero-order chi connectivity index (χ0) is 12.1. The number of imidazole rings is 1. The van der Waals surface area contributed by atoms with Gasteiger partial charge < -0.3 is 9.88 Å². The highest BCUT2D eigenvalue weighted by molar-refractivity contribution is 5.00. The van der Waals surface area contributed by atoms with Gasteiger partial charge in [-0.2, -0.15) is 5.10 Å². The molecule has 0 bridgehead atoms. The average molecular weight is 233 g/mol. The quantitative estimate of drug-likeness (QED) is 0.756. The number of aromatic nitrogens is 4. The lowest BCUT2D eigenvalue weighted by Crippen LogP contribution is -2.19. The largest absolute Gasteiger partial charge is 0.334 e. The van der Waals surface area contributed by atoms with Crippen LogP contribution in [0.5, 0.6) is 0 Å². The van der Waals surface area contributed by atoms with Crippen LogP contribution in [0.1, 0.15) is 18.3 Å². The third-order valence-electron chi connectivity index (χ3n) is 2.77. The van der Waals surface area contributed by atoms with Crippen LogP contribution in [0.15, 0.2) is 24.8 Å². The molecule has 92 valence electrons. The highest BCUT2D eigenvalue weighted by atomic mass is 15.2. The molecule has 0 spiro atoms. The number of rotatable bonds is 6. The minimum atomic E-state index is 0.862. The van der Waals surface area contributed by atoms with E-state index in [1.807, 2.05) is 30.5 Å². The minimum Gasteiger partial charge on any atom is -0.334 e. The maximum Gasteiger partial charge on any atom is 0.0948 e. The van der Waals surface area contributed by atoms with Gasteiger partial charge in [-0.05, 0) is 13.0 Å². The van der Waals surface area contributed by atoms with Crippen LogP contribution in [0, 0.1) is 0 Å². The third-order valence-corrected chi connectivity index (χ3v) is 2.77. The van der Waals surface area contributed by atoms with Crippen LogP contribution in [0.25, 0.3) is 0 Å². The molecular weight excluding hydrogens is 214 g/mol. The molecule has 0 aromatic carbocycles. The van der Waals surface area contributed by atoms with Gasteiger partial charge in [-0.3, -0.25) is 4.68 Å². The summed E-state index contributed by atoms with van der Waals surface area (Å²) < 4.78 is 3.98. The SMILES string of the molecule is CCn1cncc1CNCCc1ccn(C)n1. The number of nitrogens with one attached hydrogen (secondary N) is 1. The number of hydrogen-bond acceptors (Lipinski definition) is 3. The summed E-state index contributed by atoms with van der Waals surface area (Å²) >= 11 is 0. The molecule has 2 aromatic rings. The Morgan fingerprint density at radius 2 is 2.29 bits per heavy atom. The van der Waals surface area contributed by atoms with Crippen molar-refractivity contribution in [2.24, 2.45) is 7.05 Å². The van der Waals surface area contributed by atoms with Gasteiger partial charge in [0.15, 0.2) is 0 Å². The molecule has 2 rings (SSSR count). The predicted octanol–water partition coefficient (Wildman–Crippen LogP) is 0.969. The highest BCUT2D eigenvalue weighted by Gasteiger charge is 2.00.